The molecule has 6 heteroatoms. The maximum atomic E-state index is 11.3. The van der Waals surface area contributed by atoms with Gasteiger partial charge in [-0.15, -0.1) is 0 Å². The van der Waals surface area contributed by atoms with E-state index < -0.39 is 0 Å². The zero-order valence-electron chi connectivity index (χ0n) is 17.3. The highest BCUT2D eigenvalue weighted by Crippen LogP contribution is 2.38. The Morgan fingerprint density at radius 1 is 1.21 bits per heavy atom. The number of carbonyl (C=O) groups is 1. The van der Waals surface area contributed by atoms with E-state index in [-0.39, 0.29) is 6.04 Å². The molecular weight excluding hydrogens is 350 g/mol. The summed E-state index contributed by atoms with van der Waals surface area (Å²) < 4.78 is 2.12. The second kappa shape index (κ2) is 8.47. The molecule has 0 radical (unpaired) electrons. The van der Waals surface area contributed by atoms with Crippen molar-refractivity contribution in [2.45, 2.75) is 59.5 Å². The van der Waals surface area contributed by atoms with Crippen LogP contribution in [0.25, 0.3) is 0 Å². The van der Waals surface area contributed by atoms with Gasteiger partial charge >= 0.3 is 0 Å². The number of rotatable bonds is 3. The smallest absolute Gasteiger partial charge is 0.210 e. The van der Waals surface area contributed by atoms with Crippen LogP contribution in [0.2, 0.25) is 0 Å². The Morgan fingerprint density at radius 2 is 2.00 bits per heavy atom. The summed E-state index contributed by atoms with van der Waals surface area (Å²) in [6.07, 6.45) is 3.79. The van der Waals surface area contributed by atoms with E-state index in [1.54, 1.807) is 0 Å². The normalized spacial score (nSPS) is 15.3. The van der Waals surface area contributed by atoms with Crippen LogP contribution in [-0.2, 0) is 24.2 Å². The largest absolute Gasteiger partial charge is 0.340 e. The molecule has 0 atom stereocenters. The third-order valence-corrected chi connectivity index (χ3v) is 5.32. The number of amides is 1. The van der Waals surface area contributed by atoms with Gasteiger partial charge in [0.1, 0.15) is 0 Å². The average molecular weight is 380 g/mol. The Kier molecular flexibility index (Phi) is 6.03. The summed E-state index contributed by atoms with van der Waals surface area (Å²) in [6, 6.07) is 8.42. The Hall–Kier alpha value is -2.81. The number of hydrogen-bond acceptors (Lipinski definition) is 4. The highest BCUT2D eigenvalue weighted by molar-refractivity contribution is 5.70. The number of hydrogen-bond donors (Lipinski definition) is 0. The van der Waals surface area contributed by atoms with E-state index in [4.69, 9.17) is 5.10 Å². The first-order valence-electron chi connectivity index (χ1n) is 10.2. The number of aryl methyl sites for hydroxylation is 1. The summed E-state index contributed by atoms with van der Waals surface area (Å²) in [5.74, 6) is 0.964. The molecule has 1 amide bonds. The maximum Gasteiger partial charge on any atom is 0.210 e. The van der Waals surface area contributed by atoms with Crippen molar-refractivity contribution in [1.82, 2.24) is 14.7 Å². The fourth-order valence-electron chi connectivity index (χ4n) is 4.07. The van der Waals surface area contributed by atoms with E-state index in [1.165, 1.54) is 11.3 Å². The van der Waals surface area contributed by atoms with E-state index in [0.29, 0.717) is 12.1 Å². The summed E-state index contributed by atoms with van der Waals surface area (Å²) in [5, 5.41) is 14.1. The van der Waals surface area contributed by atoms with Crippen LogP contribution in [0.15, 0.2) is 18.2 Å². The Labute approximate surface area is 167 Å². The minimum absolute atomic E-state index is 0.283. The van der Waals surface area contributed by atoms with Gasteiger partial charge in [0.2, 0.25) is 6.41 Å². The van der Waals surface area contributed by atoms with Crippen molar-refractivity contribution in [2.24, 2.45) is 0 Å². The molecular formula is C22H29N5O. The number of carbonyl (C=O) groups excluding carboxylic acids is 1. The zero-order valence-corrected chi connectivity index (χ0v) is 17.3. The number of nitriles is 1. The summed E-state index contributed by atoms with van der Waals surface area (Å²) >= 11 is 0. The molecule has 4 rings (SSSR count). The summed E-state index contributed by atoms with van der Waals surface area (Å²) in [7, 11) is 0. The number of anilines is 2. The van der Waals surface area contributed by atoms with E-state index in [2.05, 4.69) is 29.5 Å². The molecule has 0 unspecified atom stereocenters. The molecule has 28 heavy (non-hydrogen) atoms. The van der Waals surface area contributed by atoms with E-state index in [1.807, 2.05) is 36.9 Å². The third kappa shape index (κ3) is 3.49. The van der Waals surface area contributed by atoms with Crippen LogP contribution in [0, 0.1) is 11.3 Å². The van der Waals surface area contributed by atoms with Gasteiger partial charge in [-0.25, -0.2) is 0 Å². The molecule has 2 aliphatic rings. The third-order valence-electron chi connectivity index (χ3n) is 5.32. The van der Waals surface area contributed by atoms with Crippen LogP contribution in [0.3, 0.4) is 0 Å². The molecule has 0 saturated carbocycles. The Bertz CT molecular complexity index is 893. The highest BCUT2D eigenvalue weighted by atomic mass is 16.1. The molecule has 2 aliphatic heterocycles. The minimum Gasteiger partial charge on any atom is -0.340 e. The highest BCUT2D eigenvalue weighted by Gasteiger charge is 2.30. The Balaban J connectivity index is 0.00000109. The number of benzene rings is 1. The topological polar surface area (TPSA) is 65.2 Å². The summed E-state index contributed by atoms with van der Waals surface area (Å²) in [6.45, 7) is 10.6. The molecule has 0 N–H and O–H groups in total. The molecule has 0 bridgehead atoms. The lowest BCUT2D eigenvalue weighted by Gasteiger charge is -2.32. The molecule has 0 saturated heterocycles. The predicted molar refractivity (Wildman–Crippen MR) is 111 cm³/mol. The first-order chi connectivity index (χ1) is 13.6. The van der Waals surface area contributed by atoms with E-state index in [9.17, 15) is 10.1 Å². The van der Waals surface area contributed by atoms with Crippen LogP contribution in [0.5, 0.6) is 0 Å². The van der Waals surface area contributed by atoms with E-state index >= 15 is 0 Å². The second-order valence-electron chi connectivity index (χ2n) is 7.32. The summed E-state index contributed by atoms with van der Waals surface area (Å²) in [4.78, 5) is 15.4. The van der Waals surface area contributed by atoms with Crippen molar-refractivity contribution in [1.29, 1.82) is 5.26 Å². The van der Waals surface area contributed by atoms with Gasteiger partial charge in [-0.2, -0.15) is 10.4 Å². The molecule has 2 aromatic rings. The van der Waals surface area contributed by atoms with Crippen molar-refractivity contribution in [3.8, 4) is 6.07 Å². The molecule has 0 aliphatic carbocycles. The molecule has 148 valence electrons. The van der Waals surface area contributed by atoms with Gasteiger partial charge in [0.15, 0.2) is 5.82 Å². The van der Waals surface area contributed by atoms with Crippen LogP contribution < -0.4 is 4.90 Å². The van der Waals surface area contributed by atoms with Gasteiger partial charge in [-0.3, -0.25) is 9.48 Å². The standard InChI is InChI=1S/C20H23N5O.C2H6/c1-14(2)25-19-7-9-23(13-26)12-17(19)20(22-25)24-8-3-4-16-10-15(11-21)5-6-18(16)24;1-2/h5-6,10,13-14H,3-4,7-9,12H2,1-2H3;1-2H3. The van der Waals surface area contributed by atoms with Crippen molar-refractivity contribution in [3.63, 3.8) is 0 Å². The molecule has 0 fully saturated rings. The molecule has 1 aromatic heterocycles. The molecule has 6 nitrogen and oxygen atoms in total. The fraction of sp³-hybridized carbons (Fsp3) is 0.500. The van der Waals surface area contributed by atoms with E-state index in [0.717, 1.165) is 55.8 Å². The van der Waals surface area contributed by atoms with Gasteiger partial charge in [0, 0.05) is 42.5 Å². The SMILES string of the molecule is CC.CC(C)n1nc(N2CCCc3cc(C#N)ccc32)c2c1CCN(C=O)C2. The van der Waals surface area contributed by atoms with Gasteiger partial charge < -0.3 is 9.80 Å². The number of aromatic nitrogens is 2. The monoisotopic (exact) mass is 379 g/mol. The van der Waals surface area contributed by atoms with Crippen molar-refractivity contribution >= 4 is 17.9 Å². The lowest BCUT2D eigenvalue weighted by molar-refractivity contribution is -0.118. The quantitative estimate of drug-likeness (QED) is 0.757. The van der Waals surface area contributed by atoms with Crippen LogP contribution in [-0.4, -0.2) is 34.2 Å². The zero-order chi connectivity index (χ0) is 20.3. The predicted octanol–water partition coefficient (Wildman–Crippen LogP) is 3.96. The van der Waals surface area contributed by atoms with Crippen molar-refractivity contribution in [2.75, 3.05) is 18.0 Å². The summed E-state index contributed by atoms with van der Waals surface area (Å²) in [5.41, 5.74) is 5.44. The van der Waals surface area contributed by atoms with Gasteiger partial charge in [-0.05, 0) is 50.5 Å². The first-order valence-corrected chi connectivity index (χ1v) is 10.2. The van der Waals surface area contributed by atoms with Gasteiger partial charge in [-0.1, -0.05) is 13.8 Å². The van der Waals surface area contributed by atoms with Gasteiger partial charge in [0.25, 0.3) is 0 Å². The molecule has 0 spiro atoms. The van der Waals surface area contributed by atoms with Crippen LogP contribution >= 0.6 is 0 Å². The van der Waals surface area contributed by atoms with Crippen LogP contribution in [0.1, 0.15) is 62.5 Å². The van der Waals surface area contributed by atoms with Gasteiger partial charge in [0.05, 0.1) is 18.2 Å². The lowest BCUT2D eigenvalue weighted by atomic mass is 9.98. The van der Waals surface area contributed by atoms with Crippen LogP contribution in [0.4, 0.5) is 11.5 Å². The maximum absolute atomic E-state index is 11.3. The number of nitrogens with zero attached hydrogens (tertiary/aromatic N) is 5. The molecule has 3 heterocycles. The second-order valence-corrected chi connectivity index (χ2v) is 7.32. The number of fused-ring (bicyclic) bond motifs is 2. The average Bonchev–Trinajstić information content (AvgIpc) is 3.13. The minimum atomic E-state index is 0.283. The Morgan fingerprint density at radius 3 is 2.68 bits per heavy atom. The molecule has 1 aromatic carbocycles. The fourth-order valence-corrected chi connectivity index (χ4v) is 4.07. The first kappa shape index (κ1) is 19.9. The van der Waals surface area contributed by atoms with Crippen molar-refractivity contribution in [3.05, 3.63) is 40.6 Å². The lowest BCUT2D eigenvalue weighted by Crippen LogP contribution is -2.31. The van der Waals surface area contributed by atoms with Crippen molar-refractivity contribution < 1.29 is 4.79 Å².